The second-order valence-electron chi connectivity index (χ2n) is 5.87. The minimum atomic E-state index is -0.558. The van der Waals surface area contributed by atoms with Gasteiger partial charge in [0, 0.05) is 18.3 Å². The Balaban J connectivity index is 1.89. The van der Waals surface area contributed by atoms with Crippen molar-refractivity contribution < 1.29 is 9.84 Å². The molecule has 0 aromatic heterocycles. The molecule has 2 rings (SSSR count). The van der Waals surface area contributed by atoms with Crippen LogP contribution in [0.2, 0.25) is 0 Å². The van der Waals surface area contributed by atoms with E-state index in [0.29, 0.717) is 24.0 Å². The van der Waals surface area contributed by atoms with Crippen molar-refractivity contribution in [2.75, 3.05) is 18.5 Å². The summed E-state index contributed by atoms with van der Waals surface area (Å²) in [4.78, 5) is 11.9. The number of hydrogen-bond acceptors (Lipinski definition) is 5. The molecule has 0 amide bonds. The number of anilines is 2. The van der Waals surface area contributed by atoms with E-state index >= 15 is 0 Å². The fourth-order valence-electron chi connectivity index (χ4n) is 2.05. The molecule has 0 spiro atoms. The molecule has 1 unspecified atom stereocenters. The third kappa shape index (κ3) is 6.02. The molecule has 0 saturated carbocycles. The second kappa shape index (κ2) is 9.05. The van der Waals surface area contributed by atoms with Gasteiger partial charge in [0.25, 0.3) is 0 Å². The zero-order valence-electron chi connectivity index (χ0n) is 14.0. The standard InChI is InChI=1S/C19H24N2O3/c1-14(2)20-12-16(22)13-24-17-10-8-15(9-11-17)21-18-6-4-3-5-7-19(18)23/h3-11,14,16,20,22H,12-13H2,1-2H3,(H,21,23). The third-order valence-corrected chi connectivity index (χ3v) is 3.34. The highest BCUT2D eigenvalue weighted by Crippen LogP contribution is 2.18. The summed E-state index contributed by atoms with van der Waals surface area (Å²) in [5.41, 5.74) is 1.25. The van der Waals surface area contributed by atoms with Crippen molar-refractivity contribution in [1.82, 2.24) is 5.32 Å². The van der Waals surface area contributed by atoms with E-state index in [1.807, 2.05) is 38.1 Å². The molecule has 0 saturated heterocycles. The van der Waals surface area contributed by atoms with Gasteiger partial charge in [0.2, 0.25) is 5.43 Å². The number of nitrogens with one attached hydrogen (secondary N) is 2. The molecule has 2 aromatic rings. The van der Waals surface area contributed by atoms with Crippen LogP contribution in [0.4, 0.5) is 11.4 Å². The van der Waals surface area contributed by atoms with E-state index in [0.717, 1.165) is 5.69 Å². The lowest BCUT2D eigenvalue weighted by Crippen LogP contribution is -2.35. The largest absolute Gasteiger partial charge is 0.491 e. The molecule has 0 aliphatic heterocycles. The van der Waals surface area contributed by atoms with E-state index in [1.165, 1.54) is 6.07 Å². The number of hydrogen-bond donors (Lipinski definition) is 3. The molecule has 24 heavy (non-hydrogen) atoms. The lowest BCUT2D eigenvalue weighted by molar-refractivity contribution is 0.104. The van der Waals surface area contributed by atoms with Crippen molar-refractivity contribution in [3.8, 4) is 5.75 Å². The van der Waals surface area contributed by atoms with Crippen LogP contribution < -0.4 is 20.8 Å². The monoisotopic (exact) mass is 328 g/mol. The summed E-state index contributed by atoms with van der Waals surface area (Å²) in [6.07, 6.45) is -0.558. The van der Waals surface area contributed by atoms with Gasteiger partial charge in [-0.3, -0.25) is 4.79 Å². The number of benzene rings is 1. The Morgan fingerprint density at radius 3 is 2.46 bits per heavy atom. The minimum absolute atomic E-state index is 0.0684. The summed E-state index contributed by atoms with van der Waals surface area (Å²) in [5, 5.41) is 16.1. The summed E-state index contributed by atoms with van der Waals surface area (Å²) in [5.74, 6) is 0.671. The summed E-state index contributed by atoms with van der Waals surface area (Å²) in [7, 11) is 0. The molecule has 2 aromatic carbocycles. The first-order valence-corrected chi connectivity index (χ1v) is 8.05. The Morgan fingerprint density at radius 1 is 1.04 bits per heavy atom. The van der Waals surface area contributed by atoms with Gasteiger partial charge < -0.3 is 20.5 Å². The van der Waals surface area contributed by atoms with E-state index in [2.05, 4.69) is 10.6 Å². The maximum Gasteiger partial charge on any atom is 0.201 e. The summed E-state index contributed by atoms with van der Waals surface area (Å²) < 4.78 is 5.56. The molecule has 0 bridgehead atoms. The predicted octanol–water partition coefficient (Wildman–Crippen LogP) is 2.53. The zero-order valence-corrected chi connectivity index (χ0v) is 14.0. The number of aliphatic hydroxyl groups excluding tert-OH is 1. The van der Waals surface area contributed by atoms with E-state index in [-0.39, 0.29) is 12.0 Å². The Labute approximate surface area is 142 Å². The molecule has 5 nitrogen and oxygen atoms in total. The molecule has 3 N–H and O–H groups in total. The van der Waals surface area contributed by atoms with Gasteiger partial charge in [-0.1, -0.05) is 32.0 Å². The van der Waals surface area contributed by atoms with Gasteiger partial charge in [0.1, 0.15) is 18.5 Å². The van der Waals surface area contributed by atoms with Gasteiger partial charge in [-0.25, -0.2) is 0 Å². The summed E-state index contributed by atoms with van der Waals surface area (Å²) >= 11 is 0. The molecule has 0 aliphatic carbocycles. The first-order chi connectivity index (χ1) is 11.5. The maximum absolute atomic E-state index is 11.9. The smallest absolute Gasteiger partial charge is 0.201 e. The van der Waals surface area contributed by atoms with E-state index < -0.39 is 6.10 Å². The van der Waals surface area contributed by atoms with Crippen LogP contribution in [0.5, 0.6) is 5.75 Å². The topological polar surface area (TPSA) is 70.6 Å². The van der Waals surface area contributed by atoms with Gasteiger partial charge in [0.15, 0.2) is 0 Å². The molecule has 128 valence electrons. The molecule has 1 atom stereocenters. The second-order valence-corrected chi connectivity index (χ2v) is 5.87. The first kappa shape index (κ1) is 18.0. The van der Waals surface area contributed by atoms with Crippen LogP contribution in [0, 0.1) is 0 Å². The average molecular weight is 328 g/mol. The highest BCUT2D eigenvalue weighted by molar-refractivity contribution is 5.59. The molecule has 5 heteroatoms. The van der Waals surface area contributed by atoms with Crippen LogP contribution in [-0.4, -0.2) is 30.4 Å². The van der Waals surface area contributed by atoms with Crippen LogP contribution >= 0.6 is 0 Å². The first-order valence-electron chi connectivity index (χ1n) is 8.05. The van der Waals surface area contributed by atoms with Gasteiger partial charge in [-0.15, -0.1) is 0 Å². The molecular formula is C19H24N2O3. The van der Waals surface area contributed by atoms with Gasteiger partial charge in [0.05, 0.1) is 5.69 Å². The van der Waals surface area contributed by atoms with Crippen LogP contribution in [-0.2, 0) is 0 Å². The van der Waals surface area contributed by atoms with Crippen LogP contribution in [0.25, 0.3) is 0 Å². The van der Waals surface area contributed by atoms with E-state index in [1.54, 1.807) is 24.3 Å². The normalized spacial score (nSPS) is 12.0. The third-order valence-electron chi connectivity index (χ3n) is 3.34. The fraction of sp³-hybridized carbons (Fsp3) is 0.316. The lowest BCUT2D eigenvalue weighted by Gasteiger charge is -2.15. The van der Waals surface area contributed by atoms with Crippen molar-refractivity contribution >= 4 is 11.4 Å². The fourth-order valence-corrected chi connectivity index (χ4v) is 2.05. The molecule has 0 aliphatic rings. The molecule has 0 heterocycles. The average Bonchev–Trinajstić information content (AvgIpc) is 2.77. The summed E-state index contributed by atoms with van der Waals surface area (Å²) in [6.45, 7) is 4.78. The van der Waals surface area contributed by atoms with Crippen molar-refractivity contribution in [2.45, 2.75) is 26.0 Å². The Hall–Kier alpha value is -2.37. The SMILES string of the molecule is CC(C)NCC(O)COc1ccc(Nc2cccccc2=O)cc1. The van der Waals surface area contributed by atoms with E-state index in [9.17, 15) is 9.90 Å². The van der Waals surface area contributed by atoms with Crippen molar-refractivity contribution in [2.24, 2.45) is 0 Å². The number of ether oxygens (including phenoxy) is 1. The van der Waals surface area contributed by atoms with Gasteiger partial charge in [-0.2, -0.15) is 0 Å². The zero-order chi connectivity index (χ0) is 17.4. The lowest BCUT2D eigenvalue weighted by atomic mass is 10.3. The quantitative estimate of drug-likeness (QED) is 0.695. The van der Waals surface area contributed by atoms with Crippen molar-refractivity contribution in [1.29, 1.82) is 0 Å². The Bertz CT molecular complexity index is 687. The maximum atomic E-state index is 11.9. The van der Waals surface area contributed by atoms with Crippen LogP contribution in [0.3, 0.4) is 0 Å². The number of aliphatic hydroxyl groups is 1. The molecule has 0 radical (unpaired) electrons. The van der Waals surface area contributed by atoms with Crippen molar-refractivity contribution in [3.05, 3.63) is 64.8 Å². The predicted molar refractivity (Wildman–Crippen MR) is 97.1 cm³/mol. The molecular weight excluding hydrogens is 304 g/mol. The van der Waals surface area contributed by atoms with Crippen molar-refractivity contribution in [3.63, 3.8) is 0 Å². The highest BCUT2D eigenvalue weighted by atomic mass is 16.5. The van der Waals surface area contributed by atoms with Gasteiger partial charge in [-0.05, 0) is 36.4 Å². The Kier molecular flexibility index (Phi) is 6.78. The van der Waals surface area contributed by atoms with Crippen LogP contribution in [0.1, 0.15) is 13.8 Å². The van der Waals surface area contributed by atoms with Crippen LogP contribution in [0.15, 0.2) is 59.4 Å². The highest BCUT2D eigenvalue weighted by Gasteiger charge is 2.06. The Morgan fingerprint density at radius 2 is 1.75 bits per heavy atom. The van der Waals surface area contributed by atoms with Gasteiger partial charge >= 0.3 is 0 Å². The minimum Gasteiger partial charge on any atom is -0.491 e. The number of rotatable bonds is 8. The molecule has 0 fully saturated rings. The van der Waals surface area contributed by atoms with E-state index in [4.69, 9.17) is 4.74 Å². The summed E-state index contributed by atoms with van der Waals surface area (Å²) in [6, 6.07) is 16.2.